The molecule has 3 N–H and O–H groups in total. The van der Waals surface area contributed by atoms with Gasteiger partial charge in [-0.15, -0.1) is 0 Å². The van der Waals surface area contributed by atoms with Gasteiger partial charge in [0, 0.05) is 17.9 Å². The van der Waals surface area contributed by atoms with Crippen LogP contribution in [0.25, 0.3) is 0 Å². The second-order valence-electron chi connectivity index (χ2n) is 3.87. The summed E-state index contributed by atoms with van der Waals surface area (Å²) < 4.78 is 0. The zero-order chi connectivity index (χ0) is 12.1. The van der Waals surface area contributed by atoms with Gasteiger partial charge in [0.15, 0.2) is 0 Å². The van der Waals surface area contributed by atoms with Gasteiger partial charge in [-0.3, -0.25) is 0 Å². The fourth-order valence-corrected chi connectivity index (χ4v) is 1.98. The summed E-state index contributed by atoms with van der Waals surface area (Å²) in [6.45, 7) is 10.7. The third-order valence-electron chi connectivity index (χ3n) is 2.76. The third kappa shape index (κ3) is 2.64. The van der Waals surface area contributed by atoms with Crippen LogP contribution in [0.4, 0.5) is 5.69 Å². The molecule has 88 valence electrons. The largest absolute Gasteiger partial charge is 0.359 e. The molecule has 2 heteroatoms. The second kappa shape index (κ2) is 5.71. The van der Waals surface area contributed by atoms with E-state index in [1.54, 1.807) is 0 Å². The zero-order valence-electron chi connectivity index (χ0n) is 10.6. The van der Waals surface area contributed by atoms with Gasteiger partial charge in [0.05, 0.1) is 0 Å². The molecular formula is C14H22N2. The molecule has 0 aromatic heterocycles. The number of rotatable bonds is 1. The molecular weight excluding hydrogens is 196 g/mol. The van der Waals surface area contributed by atoms with Gasteiger partial charge < -0.3 is 11.1 Å². The lowest BCUT2D eigenvalue weighted by Gasteiger charge is -2.22. The van der Waals surface area contributed by atoms with Gasteiger partial charge in [0.2, 0.25) is 0 Å². The molecule has 2 rings (SSSR count). The van der Waals surface area contributed by atoms with E-state index in [-0.39, 0.29) is 0 Å². The van der Waals surface area contributed by atoms with Crippen LogP contribution >= 0.6 is 0 Å². The molecule has 0 saturated heterocycles. The molecule has 0 fully saturated rings. The van der Waals surface area contributed by atoms with Gasteiger partial charge in [0.1, 0.15) is 0 Å². The van der Waals surface area contributed by atoms with E-state index in [9.17, 15) is 0 Å². The van der Waals surface area contributed by atoms with E-state index >= 15 is 0 Å². The normalized spacial score (nSPS) is 13.4. The standard InChI is InChI=1S/C12H16N2.C2H6/c1-8-5-10(7-13)6-12-11(8)4-3-9(2)14-12;1-2/h5-6,14H,2-4,7,13H2,1H3;1-2H3. The molecule has 1 heterocycles. The molecule has 0 bridgehead atoms. The Hall–Kier alpha value is -1.28. The molecule has 0 saturated carbocycles. The Bertz CT molecular complexity index is 381. The van der Waals surface area contributed by atoms with Crippen LogP contribution < -0.4 is 11.1 Å². The zero-order valence-corrected chi connectivity index (χ0v) is 10.6. The summed E-state index contributed by atoms with van der Waals surface area (Å²) in [5, 5.41) is 3.33. The first-order valence-electron chi connectivity index (χ1n) is 5.98. The Kier molecular flexibility index (Phi) is 4.56. The maximum absolute atomic E-state index is 5.64. The SMILES string of the molecule is C=C1CCc2c(C)cc(CN)cc2N1.CC. The summed E-state index contributed by atoms with van der Waals surface area (Å²) in [4.78, 5) is 0. The molecule has 0 radical (unpaired) electrons. The first-order chi connectivity index (χ1) is 7.70. The van der Waals surface area contributed by atoms with Gasteiger partial charge in [-0.25, -0.2) is 0 Å². The van der Waals surface area contributed by atoms with Crippen LogP contribution in [0.1, 0.15) is 37.0 Å². The number of fused-ring (bicyclic) bond motifs is 1. The van der Waals surface area contributed by atoms with Gasteiger partial charge in [0.25, 0.3) is 0 Å². The predicted molar refractivity (Wildman–Crippen MR) is 71.5 cm³/mol. The van der Waals surface area contributed by atoms with E-state index < -0.39 is 0 Å². The highest BCUT2D eigenvalue weighted by Gasteiger charge is 2.13. The van der Waals surface area contributed by atoms with E-state index in [0.717, 1.165) is 18.5 Å². The Morgan fingerprint density at radius 2 is 2.00 bits per heavy atom. The average molecular weight is 218 g/mol. The summed E-state index contributed by atoms with van der Waals surface area (Å²) in [5.41, 5.74) is 11.9. The van der Waals surface area contributed by atoms with Crippen molar-refractivity contribution in [2.24, 2.45) is 5.73 Å². The van der Waals surface area contributed by atoms with Crippen molar-refractivity contribution in [3.05, 3.63) is 41.1 Å². The average Bonchev–Trinajstić information content (AvgIpc) is 2.30. The van der Waals surface area contributed by atoms with Gasteiger partial charge in [-0.05, 0) is 42.5 Å². The van der Waals surface area contributed by atoms with Crippen LogP contribution in [-0.2, 0) is 13.0 Å². The minimum atomic E-state index is 0.599. The summed E-state index contributed by atoms with van der Waals surface area (Å²) in [5.74, 6) is 0. The fraction of sp³-hybridized carbons (Fsp3) is 0.429. The number of hydrogen-bond donors (Lipinski definition) is 2. The molecule has 0 spiro atoms. The first kappa shape index (κ1) is 12.8. The van der Waals surface area contributed by atoms with Crippen LogP contribution in [0, 0.1) is 6.92 Å². The van der Waals surface area contributed by atoms with Gasteiger partial charge in [-0.2, -0.15) is 0 Å². The third-order valence-corrected chi connectivity index (χ3v) is 2.76. The first-order valence-corrected chi connectivity index (χ1v) is 5.98. The lowest BCUT2D eigenvalue weighted by atomic mass is 9.95. The minimum Gasteiger partial charge on any atom is -0.359 e. The number of benzene rings is 1. The van der Waals surface area contributed by atoms with Crippen molar-refractivity contribution in [2.75, 3.05) is 5.32 Å². The van der Waals surface area contributed by atoms with Gasteiger partial charge in [-0.1, -0.05) is 26.5 Å². The highest BCUT2D eigenvalue weighted by atomic mass is 14.9. The van der Waals surface area contributed by atoms with E-state index in [4.69, 9.17) is 5.73 Å². The molecule has 16 heavy (non-hydrogen) atoms. The fourth-order valence-electron chi connectivity index (χ4n) is 1.98. The number of anilines is 1. The van der Waals surface area contributed by atoms with E-state index in [1.807, 2.05) is 13.8 Å². The van der Waals surface area contributed by atoms with E-state index in [0.29, 0.717) is 6.54 Å². The molecule has 0 unspecified atom stereocenters. The molecule has 1 aromatic rings. The molecule has 1 aromatic carbocycles. The van der Waals surface area contributed by atoms with Crippen LogP contribution in [0.2, 0.25) is 0 Å². The smallest absolute Gasteiger partial charge is 0.0420 e. The highest BCUT2D eigenvalue weighted by Crippen LogP contribution is 2.29. The summed E-state index contributed by atoms with van der Waals surface area (Å²) >= 11 is 0. The van der Waals surface area contributed by atoms with Crippen LogP contribution in [0.15, 0.2) is 24.4 Å². The van der Waals surface area contributed by atoms with Crippen molar-refractivity contribution < 1.29 is 0 Å². The number of hydrogen-bond acceptors (Lipinski definition) is 2. The van der Waals surface area contributed by atoms with Crippen LogP contribution in [0.3, 0.4) is 0 Å². The van der Waals surface area contributed by atoms with Crippen molar-refractivity contribution in [1.29, 1.82) is 0 Å². The maximum Gasteiger partial charge on any atom is 0.0420 e. The Morgan fingerprint density at radius 3 is 2.62 bits per heavy atom. The van der Waals surface area contributed by atoms with Crippen molar-refractivity contribution in [3.63, 3.8) is 0 Å². The van der Waals surface area contributed by atoms with Crippen molar-refractivity contribution in [2.45, 2.75) is 40.2 Å². The van der Waals surface area contributed by atoms with E-state index in [1.165, 1.54) is 22.4 Å². The lowest BCUT2D eigenvalue weighted by Crippen LogP contribution is -2.11. The van der Waals surface area contributed by atoms with E-state index in [2.05, 4.69) is 31.0 Å². The van der Waals surface area contributed by atoms with Crippen molar-refractivity contribution in [1.82, 2.24) is 0 Å². The van der Waals surface area contributed by atoms with Crippen LogP contribution in [0.5, 0.6) is 0 Å². The van der Waals surface area contributed by atoms with Crippen LogP contribution in [-0.4, -0.2) is 0 Å². The minimum absolute atomic E-state index is 0.599. The quantitative estimate of drug-likeness (QED) is 0.758. The summed E-state index contributed by atoms with van der Waals surface area (Å²) in [6.07, 6.45) is 2.13. The second-order valence-corrected chi connectivity index (χ2v) is 3.87. The number of allylic oxidation sites excluding steroid dienone is 1. The monoisotopic (exact) mass is 218 g/mol. The molecule has 0 amide bonds. The Morgan fingerprint density at radius 1 is 1.31 bits per heavy atom. The molecule has 1 aliphatic heterocycles. The maximum atomic E-state index is 5.64. The highest BCUT2D eigenvalue weighted by molar-refractivity contribution is 5.61. The van der Waals surface area contributed by atoms with Crippen molar-refractivity contribution >= 4 is 5.69 Å². The Balaban J connectivity index is 0.000000606. The topological polar surface area (TPSA) is 38.0 Å². The molecule has 0 aliphatic carbocycles. The number of nitrogens with one attached hydrogen (secondary N) is 1. The van der Waals surface area contributed by atoms with Gasteiger partial charge >= 0.3 is 0 Å². The predicted octanol–water partition coefficient (Wildman–Crippen LogP) is 3.35. The number of nitrogens with two attached hydrogens (primary N) is 1. The lowest BCUT2D eigenvalue weighted by molar-refractivity contribution is 0.903. The van der Waals surface area contributed by atoms with Crippen molar-refractivity contribution in [3.8, 4) is 0 Å². The Labute approximate surface area is 98.6 Å². The summed E-state index contributed by atoms with van der Waals surface area (Å²) in [6, 6.07) is 4.31. The molecule has 2 nitrogen and oxygen atoms in total. The molecule has 1 aliphatic rings. The number of aryl methyl sites for hydroxylation is 1. The summed E-state index contributed by atoms with van der Waals surface area (Å²) in [7, 11) is 0. The molecule has 0 atom stereocenters.